The molecule has 4 aromatic rings. The molecule has 202 valence electrons. The first-order chi connectivity index (χ1) is 19.0. The van der Waals surface area contributed by atoms with Crippen molar-refractivity contribution in [2.24, 2.45) is 0 Å². The Balaban J connectivity index is 1.19. The highest BCUT2D eigenvalue weighted by Gasteiger charge is 2.14. The second-order valence-corrected chi connectivity index (χ2v) is 9.85. The largest absolute Gasteiger partial charge is 0.493 e. The molecular weight excluding hydrogens is 492 g/mol. The summed E-state index contributed by atoms with van der Waals surface area (Å²) < 4.78 is 16.5. The average molecular weight is 527 g/mol. The van der Waals surface area contributed by atoms with Gasteiger partial charge in [0, 0.05) is 30.8 Å². The van der Waals surface area contributed by atoms with Crippen LogP contribution >= 0.6 is 0 Å². The third-order valence-corrected chi connectivity index (χ3v) is 6.95. The van der Waals surface area contributed by atoms with Gasteiger partial charge in [-0.05, 0) is 73.3 Å². The number of rotatable bonds is 10. The number of hydrogen-bond donors (Lipinski definition) is 1. The first-order valence-electron chi connectivity index (χ1n) is 13.3. The highest BCUT2D eigenvalue weighted by Crippen LogP contribution is 2.31. The second-order valence-electron chi connectivity index (χ2n) is 9.85. The molecule has 8 heteroatoms. The summed E-state index contributed by atoms with van der Waals surface area (Å²) in [6, 6.07) is 19.7. The van der Waals surface area contributed by atoms with Crippen LogP contribution in [0.25, 0.3) is 22.5 Å². The fourth-order valence-corrected chi connectivity index (χ4v) is 4.89. The van der Waals surface area contributed by atoms with Crippen molar-refractivity contribution in [1.29, 1.82) is 0 Å². The molecule has 0 spiro atoms. The zero-order valence-corrected chi connectivity index (χ0v) is 22.7. The number of hydrogen-bond acceptors (Lipinski definition) is 7. The Morgan fingerprint density at radius 3 is 2.44 bits per heavy atom. The van der Waals surface area contributed by atoms with Gasteiger partial charge in [-0.2, -0.15) is 4.98 Å². The van der Waals surface area contributed by atoms with Gasteiger partial charge in [-0.1, -0.05) is 41.6 Å². The van der Waals surface area contributed by atoms with Crippen LogP contribution in [0, 0.1) is 13.8 Å². The number of benzene rings is 3. The molecule has 1 aliphatic rings. The molecule has 0 radical (unpaired) electrons. The van der Waals surface area contributed by atoms with Crippen LogP contribution in [0.2, 0.25) is 0 Å². The van der Waals surface area contributed by atoms with Gasteiger partial charge in [-0.15, -0.1) is 0 Å². The fourth-order valence-electron chi connectivity index (χ4n) is 4.89. The van der Waals surface area contributed by atoms with E-state index in [0.29, 0.717) is 35.5 Å². The zero-order chi connectivity index (χ0) is 27.2. The van der Waals surface area contributed by atoms with Crippen molar-refractivity contribution >= 4 is 11.6 Å². The topological polar surface area (TPSA) is 89.7 Å². The molecular formula is C31H34N4O4. The molecule has 1 aromatic heterocycles. The van der Waals surface area contributed by atoms with Gasteiger partial charge in [0.2, 0.25) is 17.6 Å². The molecule has 1 amide bonds. The van der Waals surface area contributed by atoms with E-state index in [9.17, 15) is 4.79 Å². The number of aromatic nitrogens is 2. The van der Waals surface area contributed by atoms with Gasteiger partial charge in [0.1, 0.15) is 6.61 Å². The highest BCUT2D eigenvalue weighted by molar-refractivity contribution is 5.92. The summed E-state index contributed by atoms with van der Waals surface area (Å²) in [5, 5.41) is 6.99. The van der Waals surface area contributed by atoms with E-state index in [2.05, 4.69) is 39.4 Å². The van der Waals surface area contributed by atoms with Crippen molar-refractivity contribution in [3.8, 4) is 34.0 Å². The molecule has 3 aromatic carbocycles. The zero-order valence-electron chi connectivity index (χ0n) is 22.7. The summed E-state index contributed by atoms with van der Waals surface area (Å²) >= 11 is 0. The van der Waals surface area contributed by atoms with Crippen LogP contribution in [-0.4, -0.2) is 54.3 Å². The van der Waals surface area contributed by atoms with Gasteiger partial charge in [-0.25, -0.2) is 0 Å². The van der Waals surface area contributed by atoms with Crippen molar-refractivity contribution in [2.45, 2.75) is 33.1 Å². The number of likely N-dealkylation sites (tertiary alicyclic amines) is 1. The molecule has 0 saturated carbocycles. The van der Waals surface area contributed by atoms with E-state index in [4.69, 9.17) is 14.0 Å². The molecule has 1 saturated heterocycles. The van der Waals surface area contributed by atoms with Gasteiger partial charge in [0.05, 0.1) is 13.5 Å². The minimum absolute atomic E-state index is 0.0909. The lowest BCUT2D eigenvalue weighted by molar-refractivity contribution is -0.115. The van der Waals surface area contributed by atoms with E-state index in [1.54, 1.807) is 14.0 Å². The monoisotopic (exact) mass is 526 g/mol. The Kier molecular flexibility index (Phi) is 8.22. The first kappa shape index (κ1) is 26.4. The van der Waals surface area contributed by atoms with E-state index < -0.39 is 0 Å². The van der Waals surface area contributed by atoms with Gasteiger partial charge in [0.15, 0.2) is 11.5 Å². The Bertz CT molecular complexity index is 1430. The molecule has 39 heavy (non-hydrogen) atoms. The van der Waals surface area contributed by atoms with Crippen LogP contribution in [0.15, 0.2) is 65.2 Å². The van der Waals surface area contributed by atoms with E-state index in [1.165, 1.54) is 12.8 Å². The molecule has 5 rings (SSSR count). The maximum Gasteiger partial charge on any atom is 0.228 e. The maximum atomic E-state index is 12.8. The lowest BCUT2D eigenvalue weighted by atomic mass is 9.97. The quantitative estimate of drug-likeness (QED) is 0.284. The van der Waals surface area contributed by atoms with Crippen LogP contribution in [-0.2, 0) is 11.2 Å². The average Bonchev–Trinajstić information content (AvgIpc) is 3.61. The molecule has 8 nitrogen and oxygen atoms in total. The smallest absolute Gasteiger partial charge is 0.228 e. The summed E-state index contributed by atoms with van der Waals surface area (Å²) in [4.78, 5) is 19.5. The molecule has 1 fully saturated rings. The van der Waals surface area contributed by atoms with Crippen LogP contribution in [0.4, 0.5) is 5.69 Å². The molecule has 0 bridgehead atoms. The number of ether oxygens (including phenoxy) is 2. The standard InChI is InChI=1S/C31H34N4O4/c1-21-18-25(31-32-22(2)39-34-31)10-12-27(21)24-8-6-23(7-9-24)19-30(36)33-26-11-13-28(37-3)29(20-26)38-17-16-35-14-4-5-15-35/h6-13,18,20H,4-5,14-17,19H2,1-3H3,(H,33,36). The predicted molar refractivity (Wildman–Crippen MR) is 151 cm³/mol. The Morgan fingerprint density at radius 2 is 1.74 bits per heavy atom. The van der Waals surface area contributed by atoms with Crippen molar-refractivity contribution in [1.82, 2.24) is 15.0 Å². The van der Waals surface area contributed by atoms with Crippen LogP contribution in [0.3, 0.4) is 0 Å². The Hall–Kier alpha value is -4.17. The van der Waals surface area contributed by atoms with Crippen molar-refractivity contribution in [2.75, 3.05) is 38.7 Å². The van der Waals surface area contributed by atoms with Crippen LogP contribution in [0.1, 0.15) is 29.9 Å². The number of anilines is 1. The number of carbonyl (C=O) groups is 1. The number of amides is 1. The Labute approximate surface area is 228 Å². The van der Waals surface area contributed by atoms with Crippen molar-refractivity contribution < 1.29 is 18.8 Å². The van der Waals surface area contributed by atoms with Gasteiger partial charge in [-0.3, -0.25) is 9.69 Å². The van der Waals surface area contributed by atoms with E-state index >= 15 is 0 Å². The molecule has 1 N–H and O–H groups in total. The van der Waals surface area contributed by atoms with Crippen molar-refractivity contribution in [3.05, 3.63) is 77.7 Å². The minimum Gasteiger partial charge on any atom is -0.493 e. The van der Waals surface area contributed by atoms with Gasteiger partial charge < -0.3 is 19.3 Å². The fraction of sp³-hybridized carbons (Fsp3) is 0.323. The minimum atomic E-state index is -0.0909. The Morgan fingerprint density at radius 1 is 0.974 bits per heavy atom. The molecule has 1 aliphatic heterocycles. The number of aryl methyl sites for hydroxylation is 2. The predicted octanol–water partition coefficient (Wildman–Crippen LogP) is 5.68. The number of carbonyl (C=O) groups excluding carboxylic acids is 1. The summed E-state index contributed by atoms with van der Waals surface area (Å²) in [5.74, 6) is 2.32. The second kappa shape index (κ2) is 12.1. The van der Waals surface area contributed by atoms with E-state index in [-0.39, 0.29) is 12.3 Å². The molecule has 2 heterocycles. The van der Waals surface area contributed by atoms with Crippen LogP contribution < -0.4 is 14.8 Å². The lowest BCUT2D eigenvalue weighted by Gasteiger charge is -2.17. The highest BCUT2D eigenvalue weighted by atomic mass is 16.5. The number of methoxy groups -OCH3 is 1. The van der Waals surface area contributed by atoms with E-state index in [1.807, 2.05) is 48.5 Å². The first-order valence-corrected chi connectivity index (χ1v) is 13.3. The van der Waals surface area contributed by atoms with Crippen molar-refractivity contribution in [3.63, 3.8) is 0 Å². The summed E-state index contributed by atoms with van der Waals surface area (Å²) in [6.45, 7) is 7.57. The summed E-state index contributed by atoms with van der Waals surface area (Å²) in [7, 11) is 1.62. The third-order valence-electron chi connectivity index (χ3n) is 6.95. The summed E-state index contributed by atoms with van der Waals surface area (Å²) in [6.07, 6.45) is 2.78. The van der Waals surface area contributed by atoms with Gasteiger partial charge in [0.25, 0.3) is 0 Å². The normalized spacial score (nSPS) is 13.4. The lowest BCUT2D eigenvalue weighted by Crippen LogP contribution is -2.25. The number of nitrogens with one attached hydrogen (secondary N) is 1. The maximum absolute atomic E-state index is 12.8. The summed E-state index contributed by atoms with van der Waals surface area (Å²) in [5.41, 5.74) is 5.84. The SMILES string of the molecule is COc1ccc(NC(=O)Cc2ccc(-c3ccc(-c4noc(C)n4)cc3C)cc2)cc1OCCN1CCCC1. The molecule has 0 atom stereocenters. The third kappa shape index (κ3) is 6.64. The van der Waals surface area contributed by atoms with E-state index in [0.717, 1.165) is 47.5 Å². The van der Waals surface area contributed by atoms with Crippen LogP contribution in [0.5, 0.6) is 11.5 Å². The molecule has 0 aliphatic carbocycles. The number of nitrogens with zero attached hydrogens (tertiary/aromatic N) is 3. The van der Waals surface area contributed by atoms with Gasteiger partial charge >= 0.3 is 0 Å². The molecule has 0 unspecified atom stereocenters.